The molecule has 3 heteroatoms. The summed E-state index contributed by atoms with van der Waals surface area (Å²) in [6.45, 7) is 4.19. The molecule has 2 heterocycles. The summed E-state index contributed by atoms with van der Waals surface area (Å²) in [6.07, 6.45) is 6.80. The van der Waals surface area contributed by atoms with Gasteiger partial charge in [-0.25, -0.2) is 0 Å². The van der Waals surface area contributed by atoms with Gasteiger partial charge in [-0.3, -0.25) is 0 Å². The molecule has 1 aromatic heterocycles. The Morgan fingerprint density at radius 3 is 3.18 bits per heavy atom. The van der Waals surface area contributed by atoms with Crippen LogP contribution in [0.1, 0.15) is 44.5 Å². The standard InChI is InChI=1S/C14H21NO2/c1-11-4-2-6-14(8-11)10-15-9-13(17-14)12-5-3-7-16-12/h3,5,7,11,13,15H,2,4,6,8-10H2,1H3. The van der Waals surface area contributed by atoms with Crippen molar-refractivity contribution < 1.29 is 9.15 Å². The molecule has 3 nitrogen and oxygen atoms in total. The molecule has 1 saturated carbocycles. The molecule has 1 N–H and O–H groups in total. The van der Waals surface area contributed by atoms with Gasteiger partial charge < -0.3 is 14.5 Å². The normalized spacial score (nSPS) is 38.4. The number of nitrogens with one attached hydrogen (secondary N) is 1. The Kier molecular flexibility index (Phi) is 2.97. The molecule has 1 aliphatic carbocycles. The molecular formula is C14H21NO2. The predicted octanol–water partition coefficient (Wildman–Crippen LogP) is 2.89. The molecule has 2 aliphatic rings. The third-order valence-corrected chi connectivity index (χ3v) is 4.08. The summed E-state index contributed by atoms with van der Waals surface area (Å²) in [5, 5.41) is 3.52. The first-order chi connectivity index (χ1) is 8.27. The highest BCUT2D eigenvalue weighted by molar-refractivity contribution is 5.06. The van der Waals surface area contributed by atoms with Crippen LogP contribution in [0.5, 0.6) is 0 Å². The highest BCUT2D eigenvalue weighted by Gasteiger charge is 2.41. The van der Waals surface area contributed by atoms with E-state index in [-0.39, 0.29) is 11.7 Å². The van der Waals surface area contributed by atoms with Gasteiger partial charge in [0.1, 0.15) is 11.9 Å². The van der Waals surface area contributed by atoms with Gasteiger partial charge in [0.2, 0.25) is 0 Å². The fraction of sp³-hybridized carbons (Fsp3) is 0.714. The lowest BCUT2D eigenvalue weighted by Gasteiger charge is -2.45. The van der Waals surface area contributed by atoms with Gasteiger partial charge in [-0.1, -0.05) is 19.8 Å². The Morgan fingerprint density at radius 2 is 2.41 bits per heavy atom. The van der Waals surface area contributed by atoms with Crippen molar-refractivity contribution in [3.05, 3.63) is 24.2 Å². The molecule has 3 unspecified atom stereocenters. The van der Waals surface area contributed by atoms with Crippen LogP contribution in [0.2, 0.25) is 0 Å². The van der Waals surface area contributed by atoms with Crippen molar-refractivity contribution in [1.29, 1.82) is 0 Å². The number of morpholine rings is 1. The second-order valence-corrected chi connectivity index (χ2v) is 5.64. The molecule has 0 radical (unpaired) electrons. The summed E-state index contributed by atoms with van der Waals surface area (Å²) in [5.41, 5.74) is 0.0490. The van der Waals surface area contributed by atoms with E-state index in [4.69, 9.17) is 9.15 Å². The molecule has 0 aromatic carbocycles. The topological polar surface area (TPSA) is 34.4 Å². The highest BCUT2D eigenvalue weighted by Crippen LogP contribution is 2.40. The molecule has 1 spiro atoms. The van der Waals surface area contributed by atoms with Gasteiger partial charge in [0.15, 0.2) is 0 Å². The lowest BCUT2D eigenvalue weighted by Crippen LogP contribution is -2.52. The van der Waals surface area contributed by atoms with Gasteiger partial charge in [-0.2, -0.15) is 0 Å². The average Bonchev–Trinajstić information content (AvgIpc) is 2.82. The van der Waals surface area contributed by atoms with Crippen molar-refractivity contribution in [2.75, 3.05) is 13.1 Å². The van der Waals surface area contributed by atoms with Crippen LogP contribution >= 0.6 is 0 Å². The van der Waals surface area contributed by atoms with Gasteiger partial charge in [0.25, 0.3) is 0 Å². The Hall–Kier alpha value is -0.800. The maximum atomic E-state index is 6.37. The lowest BCUT2D eigenvalue weighted by molar-refractivity contribution is -0.148. The van der Waals surface area contributed by atoms with E-state index in [1.165, 1.54) is 25.7 Å². The zero-order chi connectivity index (χ0) is 11.7. The number of hydrogen-bond acceptors (Lipinski definition) is 3. The monoisotopic (exact) mass is 235 g/mol. The summed E-state index contributed by atoms with van der Waals surface area (Å²) in [4.78, 5) is 0. The minimum Gasteiger partial charge on any atom is -0.467 e. The van der Waals surface area contributed by atoms with E-state index < -0.39 is 0 Å². The highest BCUT2D eigenvalue weighted by atomic mass is 16.5. The molecule has 2 fully saturated rings. The van der Waals surface area contributed by atoms with Crippen molar-refractivity contribution >= 4 is 0 Å². The molecule has 3 atom stereocenters. The Morgan fingerprint density at radius 1 is 1.47 bits per heavy atom. The van der Waals surface area contributed by atoms with Crippen LogP contribution in [0, 0.1) is 5.92 Å². The summed E-state index contributed by atoms with van der Waals surface area (Å²) >= 11 is 0. The van der Waals surface area contributed by atoms with E-state index in [9.17, 15) is 0 Å². The molecule has 1 aliphatic heterocycles. The summed E-state index contributed by atoms with van der Waals surface area (Å²) < 4.78 is 11.8. The second kappa shape index (κ2) is 4.46. The van der Waals surface area contributed by atoms with Crippen LogP contribution in [0.25, 0.3) is 0 Å². The molecule has 3 rings (SSSR count). The van der Waals surface area contributed by atoms with E-state index in [1.807, 2.05) is 12.1 Å². The van der Waals surface area contributed by atoms with E-state index in [1.54, 1.807) is 6.26 Å². The van der Waals surface area contributed by atoms with Crippen LogP contribution in [0.4, 0.5) is 0 Å². The second-order valence-electron chi connectivity index (χ2n) is 5.64. The first-order valence-corrected chi connectivity index (χ1v) is 6.69. The maximum absolute atomic E-state index is 6.37. The van der Waals surface area contributed by atoms with Crippen LogP contribution in [-0.2, 0) is 4.74 Å². The van der Waals surface area contributed by atoms with Crippen LogP contribution in [0.15, 0.2) is 22.8 Å². The number of hydrogen-bond donors (Lipinski definition) is 1. The number of furan rings is 1. The van der Waals surface area contributed by atoms with Gasteiger partial charge >= 0.3 is 0 Å². The van der Waals surface area contributed by atoms with E-state index >= 15 is 0 Å². The van der Waals surface area contributed by atoms with E-state index in [0.29, 0.717) is 0 Å². The molecule has 1 saturated heterocycles. The Balaban J connectivity index is 1.74. The van der Waals surface area contributed by atoms with Crippen molar-refractivity contribution in [2.24, 2.45) is 5.92 Å². The first kappa shape index (κ1) is 11.3. The average molecular weight is 235 g/mol. The van der Waals surface area contributed by atoms with Crippen LogP contribution in [0.3, 0.4) is 0 Å². The molecule has 0 amide bonds. The van der Waals surface area contributed by atoms with Gasteiger partial charge in [-0.05, 0) is 30.9 Å². The first-order valence-electron chi connectivity index (χ1n) is 6.69. The van der Waals surface area contributed by atoms with Crippen LogP contribution in [-0.4, -0.2) is 18.7 Å². The molecule has 1 aromatic rings. The van der Waals surface area contributed by atoms with Gasteiger partial charge in [-0.15, -0.1) is 0 Å². The van der Waals surface area contributed by atoms with Gasteiger partial charge in [0, 0.05) is 13.1 Å². The van der Waals surface area contributed by atoms with E-state index in [0.717, 1.165) is 24.8 Å². The van der Waals surface area contributed by atoms with E-state index in [2.05, 4.69) is 12.2 Å². The minimum atomic E-state index is 0.0490. The van der Waals surface area contributed by atoms with Crippen molar-refractivity contribution in [3.63, 3.8) is 0 Å². The maximum Gasteiger partial charge on any atom is 0.133 e. The molecule has 17 heavy (non-hydrogen) atoms. The zero-order valence-corrected chi connectivity index (χ0v) is 10.4. The fourth-order valence-corrected chi connectivity index (χ4v) is 3.33. The SMILES string of the molecule is CC1CCCC2(CNCC(c3ccco3)O2)C1. The quantitative estimate of drug-likeness (QED) is 0.812. The van der Waals surface area contributed by atoms with Crippen LogP contribution < -0.4 is 5.32 Å². The number of ether oxygens (including phenoxy) is 1. The molecular weight excluding hydrogens is 214 g/mol. The Bertz CT molecular complexity index is 358. The summed E-state index contributed by atoms with van der Waals surface area (Å²) in [7, 11) is 0. The number of rotatable bonds is 1. The van der Waals surface area contributed by atoms with Crippen molar-refractivity contribution in [2.45, 2.75) is 44.3 Å². The summed E-state index contributed by atoms with van der Waals surface area (Å²) in [6, 6.07) is 3.95. The minimum absolute atomic E-state index is 0.0490. The Labute approximate surface area is 103 Å². The smallest absolute Gasteiger partial charge is 0.133 e. The van der Waals surface area contributed by atoms with Crippen molar-refractivity contribution in [1.82, 2.24) is 5.32 Å². The largest absolute Gasteiger partial charge is 0.467 e. The molecule has 0 bridgehead atoms. The predicted molar refractivity (Wildman–Crippen MR) is 65.8 cm³/mol. The zero-order valence-electron chi connectivity index (χ0n) is 10.4. The lowest BCUT2D eigenvalue weighted by atomic mass is 9.78. The fourth-order valence-electron chi connectivity index (χ4n) is 3.33. The third-order valence-electron chi connectivity index (χ3n) is 4.08. The molecule has 94 valence electrons. The third kappa shape index (κ3) is 2.26. The summed E-state index contributed by atoms with van der Waals surface area (Å²) in [5.74, 6) is 1.73. The van der Waals surface area contributed by atoms with Gasteiger partial charge in [0.05, 0.1) is 11.9 Å². The van der Waals surface area contributed by atoms with Crippen molar-refractivity contribution in [3.8, 4) is 0 Å².